The number of nitrogens with one attached hydrogen (secondary N) is 1. The molecule has 0 radical (unpaired) electrons. The lowest BCUT2D eigenvalue weighted by Crippen LogP contribution is -2.13. The van der Waals surface area contributed by atoms with Crippen LogP contribution in [0.2, 0.25) is 5.02 Å². The zero-order valence-corrected chi connectivity index (χ0v) is 18.4. The van der Waals surface area contributed by atoms with Crippen LogP contribution in [-0.4, -0.2) is 35.4 Å². The molecule has 0 spiro atoms. The van der Waals surface area contributed by atoms with Gasteiger partial charge in [0.15, 0.2) is 11.6 Å². The van der Waals surface area contributed by atoms with Crippen LogP contribution in [0.1, 0.15) is 41.1 Å². The fourth-order valence-corrected chi connectivity index (χ4v) is 4.20. The van der Waals surface area contributed by atoms with Crippen molar-refractivity contribution in [3.05, 3.63) is 70.9 Å². The number of amides is 1. The van der Waals surface area contributed by atoms with Gasteiger partial charge in [-0.3, -0.25) is 4.79 Å². The van der Waals surface area contributed by atoms with E-state index in [0.29, 0.717) is 27.8 Å². The van der Waals surface area contributed by atoms with Crippen LogP contribution in [0.5, 0.6) is 0 Å². The molecule has 0 bridgehead atoms. The molecule has 5 rings (SSSR count). The van der Waals surface area contributed by atoms with E-state index in [1.54, 1.807) is 29.2 Å². The van der Waals surface area contributed by atoms with Crippen LogP contribution in [0.3, 0.4) is 0 Å². The van der Waals surface area contributed by atoms with Gasteiger partial charge in [-0.15, -0.1) is 10.2 Å². The second kappa shape index (κ2) is 8.55. The normalized spacial score (nSPS) is 13.4. The Bertz CT molecular complexity index is 1280. The summed E-state index contributed by atoms with van der Waals surface area (Å²) in [6.07, 6.45) is 7.54. The van der Waals surface area contributed by atoms with Gasteiger partial charge in [0.25, 0.3) is 5.91 Å². The molecule has 1 aliphatic rings. The summed E-state index contributed by atoms with van der Waals surface area (Å²) < 4.78 is 3.79. The molecule has 0 saturated carbocycles. The van der Waals surface area contributed by atoms with Crippen molar-refractivity contribution in [1.29, 1.82) is 0 Å². The van der Waals surface area contributed by atoms with Gasteiger partial charge in [0.1, 0.15) is 5.82 Å². The summed E-state index contributed by atoms with van der Waals surface area (Å²) in [7, 11) is 0. The first kappa shape index (κ1) is 20.4. The minimum atomic E-state index is -0.252. The van der Waals surface area contributed by atoms with E-state index in [1.807, 2.05) is 31.2 Å². The zero-order valence-electron chi connectivity index (χ0n) is 17.6. The molecule has 3 aromatic heterocycles. The molecular formula is C23H22ClN7O. The first-order valence-electron chi connectivity index (χ1n) is 10.6. The van der Waals surface area contributed by atoms with Crippen LogP contribution in [0, 0.1) is 6.92 Å². The van der Waals surface area contributed by atoms with E-state index in [-0.39, 0.29) is 5.91 Å². The molecule has 0 aliphatic carbocycles. The third-order valence-corrected chi connectivity index (χ3v) is 6.02. The molecule has 4 aromatic rings. The Kier molecular flexibility index (Phi) is 5.45. The average molecular weight is 448 g/mol. The number of hydrogen-bond donors (Lipinski definition) is 1. The first-order chi connectivity index (χ1) is 15.6. The summed E-state index contributed by atoms with van der Waals surface area (Å²) in [6.45, 7) is 2.71. The topological polar surface area (TPSA) is 90.5 Å². The van der Waals surface area contributed by atoms with Gasteiger partial charge < -0.3 is 9.88 Å². The SMILES string of the molecule is Cc1c(C(=O)Nc2ccc(Cl)c(-c3nnc4n3CCCCC4)c2)cnn1-c1ccccn1. The smallest absolute Gasteiger partial charge is 0.259 e. The molecule has 9 heteroatoms. The highest BCUT2D eigenvalue weighted by atomic mass is 35.5. The molecule has 1 amide bonds. The van der Waals surface area contributed by atoms with Crippen LogP contribution in [-0.2, 0) is 13.0 Å². The average Bonchev–Trinajstić information content (AvgIpc) is 3.31. The van der Waals surface area contributed by atoms with Gasteiger partial charge in [0.2, 0.25) is 0 Å². The fourth-order valence-electron chi connectivity index (χ4n) is 4.00. The van der Waals surface area contributed by atoms with Gasteiger partial charge in [0.05, 0.1) is 22.5 Å². The van der Waals surface area contributed by atoms with E-state index >= 15 is 0 Å². The lowest BCUT2D eigenvalue weighted by atomic mass is 10.1. The number of rotatable bonds is 4. The first-order valence-corrected chi connectivity index (χ1v) is 11.0. The predicted molar refractivity (Wildman–Crippen MR) is 122 cm³/mol. The van der Waals surface area contributed by atoms with E-state index in [2.05, 4.69) is 30.2 Å². The standard InChI is InChI=1S/C23H22ClN7O/c1-15-18(14-26-31(15)20-7-4-5-11-25-20)23(32)27-16-9-10-19(24)17(13-16)22-29-28-21-8-3-2-6-12-30(21)22/h4-5,7,9-11,13-14H,2-3,6,8,12H2,1H3,(H,27,32). The number of halogens is 1. The van der Waals surface area contributed by atoms with Crippen LogP contribution in [0.25, 0.3) is 17.2 Å². The van der Waals surface area contributed by atoms with Crippen LogP contribution in [0.4, 0.5) is 5.69 Å². The van der Waals surface area contributed by atoms with E-state index in [0.717, 1.165) is 43.0 Å². The Morgan fingerprint density at radius 2 is 2.03 bits per heavy atom. The number of nitrogens with zero attached hydrogens (tertiary/aromatic N) is 6. The van der Waals surface area contributed by atoms with E-state index in [1.165, 1.54) is 6.42 Å². The van der Waals surface area contributed by atoms with Crippen molar-refractivity contribution in [2.24, 2.45) is 0 Å². The molecule has 1 aliphatic heterocycles. The maximum atomic E-state index is 13.0. The highest BCUT2D eigenvalue weighted by Gasteiger charge is 2.20. The Balaban J connectivity index is 1.42. The van der Waals surface area contributed by atoms with Crippen molar-refractivity contribution in [2.75, 3.05) is 5.32 Å². The molecule has 8 nitrogen and oxygen atoms in total. The lowest BCUT2D eigenvalue weighted by molar-refractivity contribution is 0.102. The monoisotopic (exact) mass is 447 g/mol. The van der Waals surface area contributed by atoms with Gasteiger partial charge in [-0.1, -0.05) is 24.1 Å². The number of benzene rings is 1. The quantitative estimate of drug-likeness (QED) is 0.498. The predicted octanol–water partition coefficient (Wildman–Crippen LogP) is 4.47. The highest BCUT2D eigenvalue weighted by molar-refractivity contribution is 6.33. The van der Waals surface area contributed by atoms with E-state index in [9.17, 15) is 4.79 Å². The number of carbonyl (C=O) groups excluding carboxylic acids is 1. The molecule has 0 fully saturated rings. The van der Waals surface area contributed by atoms with Crippen LogP contribution in [0.15, 0.2) is 48.8 Å². The molecule has 32 heavy (non-hydrogen) atoms. The summed E-state index contributed by atoms with van der Waals surface area (Å²) in [4.78, 5) is 17.3. The van der Waals surface area contributed by atoms with Gasteiger partial charge >= 0.3 is 0 Å². The van der Waals surface area contributed by atoms with Gasteiger partial charge in [-0.05, 0) is 50.1 Å². The minimum Gasteiger partial charge on any atom is -0.322 e. The number of aryl methyl sites for hydroxylation is 1. The van der Waals surface area contributed by atoms with Crippen molar-refractivity contribution in [3.8, 4) is 17.2 Å². The Morgan fingerprint density at radius 3 is 2.88 bits per heavy atom. The number of pyridine rings is 1. The largest absolute Gasteiger partial charge is 0.322 e. The molecule has 0 unspecified atom stereocenters. The van der Waals surface area contributed by atoms with Crippen molar-refractivity contribution < 1.29 is 4.79 Å². The number of hydrogen-bond acceptors (Lipinski definition) is 5. The van der Waals surface area contributed by atoms with E-state index < -0.39 is 0 Å². The number of carbonyl (C=O) groups is 1. The van der Waals surface area contributed by atoms with Gasteiger partial charge in [-0.25, -0.2) is 9.67 Å². The maximum absolute atomic E-state index is 13.0. The van der Waals surface area contributed by atoms with Crippen molar-refractivity contribution in [2.45, 2.75) is 39.2 Å². The Labute approximate surface area is 190 Å². The summed E-state index contributed by atoms with van der Waals surface area (Å²) in [6, 6.07) is 11.0. The second-order valence-corrected chi connectivity index (χ2v) is 8.20. The molecular weight excluding hydrogens is 426 g/mol. The summed E-state index contributed by atoms with van der Waals surface area (Å²) >= 11 is 6.51. The highest BCUT2D eigenvalue weighted by Crippen LogP contribution is 2.31. The van der Waals surface area contributed by atoms with Crippen molar-refractivity contribution in [1.82, 2.24) is 29.5 Å². The van der Waals surface area contributed by atoms with Crippen LogP contribution < -0.4 is 5.32 Å². The molecule has 0 atom stereocenters. The van der Waals surface area contributed by atoms with Crippen LogP contribution >= 0.6 is 11.6 Å². The number of aromatic nitrogens is 6. The van der Waals surface area contributed by atoms with Gasteiger partial charge in [-0.2, -0.15) is 5.10 Å². The lowest BCUT2D eigenvalue weighted by Gasteiger charge is -2.11. The maximum Gasteiger partial charge on any atom is 0.259 e. The Morgan fingerprint density at radius 1 is 1.12 bits per heavy atom. The van der Waals surface area contributed by atoms with E-state index in [4.69, 9.17) is 11.6 Å². The second-order valence-electron chi connectivity index (χ2n) is 7.79. The van der Waals surface area contributed by atoms with Crippen molar-refractivity contribution >= 4 is 23.2 Å². The number of anilines is 1. The van der Waals surface area contributed by atoms with Gasteiger partial charge in [0, 0.05) is 30.4 Å². The summed E-state index contributed by atoms with van der Waals surface area (Å²) in [5, 5.41) is 16.6. The Hall–Kier alpha value is -3.52. The summed E-state index contributed by atoms with van der Waals surface area (Å²) in [5.41, 5.74) is 2.57. The number of fused-ring (bicyclic) bond motifs is 1. The molecule has 0 saturated heterocycles. The van der Waals surface area contributed by atoms with Crippen molar-refractivity contribution in [3.63, 3.8) is 0 Å². The molecule has 4 heterocycles. The molecule has 1 aromatic carbocycles. The fraction of sp³-hybridized carbons (Fsp3) is 0.261. The minimum absolute atomic E-state index is 0.252. The molecule has 162 valence electrons. The summed E-state index contributed by atoms with van der Waals surface area (Å²) in [5.74, 6) is 2.13. The third kappa shape index (κ3) is 3.78. The third-order valence-electron chi connectivity index (χ3n) is 5.70. The molecule has 1 N–H and O–H groups in total. The zero-order chi connectivity index (χ0) is 22.1.